The van der Waals surface area contributed by atoms with Gasteiger partial charge in [-0.15, -0.1) is 11.3 Å². The zero-order valence-electron chi connectivity index (χ0n) is 10.6. The van der Waals surface area contributed by atoms with Crippen LogP contribution in [0.2, 0.25) is 0 Å². The van der Waals surface area contributed by atoms with Gasteiger partial charge in [0.2, 0.25) is 0 Å². The Kier molecular flexibility index (Phi) is 4.13. The number of ether oxygens (including phenoxy) is 1. The van der Waals surface area contributed by atoms with Crippen LogP contribution in [-0.2, 0) is 19.9 Å². The molecule has 1 rings (SSSR count). The number of esters is 1. The van der Waals surface area contributed by atoms with Gasteiger partial charge in [0.05, 0.1) is 6.42 Å². The van der Waals surface area contributed by atoms with E-state index in [9.17, 15) is 9.59 Å². The maximum Gasteiger partial charge on any atom is 0.332 e. The monoisotopic (exact) mass is 271 g/mol. The summed E-state index contributed by atoms with van der Waals surface area (Å²) >= 11 is 1.24. The SMILES string of the molecule is CC(C)(C)OC(=O)C(N)(CC(=O)O)c1cccs1. The number of nitrogens with two attached hydrogens (primary N) is 1. The van der Waals surface area contributed by atoms with Crippen molar-refractivity contribution in [2.24, 2.45) is 5.73 Å². The van der Waals surface area contributed by atoms with E-state index in [1.807, 2.05) is 0 Å². The highest BCUT2D eigenvalue weighted by Crippen LogP contribution is 2.29. The number of carbonyl (C=O) groups excluding carboxylic acids is 1. The summed E-state index contributed by atoms with van der Waals surface area (Å²) in [6.45, 7) is 5.13. The smallest absolute Gasteiger partial charge is 0.332 e. The highest BCUT2D eigenvalue weighted by Gasteiger charge is 2.42. The first-order valence-electron chi connectivity index (χ1n) is 5.43. The maximum absolute atomic E-state index is 12.1. The Morgan fingerprint density at radius 3 is 2.44 bits per heavy atom. The Hall–Kier alpha value is -1.40. The minimum absolute atomic E-state index is 0.485. The molecule has 0 saturated heterocycles. The van der Waals surface area contributed by atoms with E-state index in [1.165, 1.54) is 11.3 Å². The lowest BCUT2D eigenvalue weighted by atomic mass is 9.94. The van der Waals surface area contributed by atoms with Gasteiger partial charge < -0.3 is 15.6 Å². The summed E-state index contributed by atoms with van der Waals surface area (Å²) in [4.78, 5) is 23.5. The summed E-state index contributed by atoms with van der Waals surface area (Å²) < 4.78 is 5.21. The molecule has 0 aromatic carbocycles. The molecule has 0 fully saturated rings. The van der Waals surface area contributed by atoms with Crippen LogP contribution in [0, 0.1) is 0 Å². The lowest BCUT2D eigenvalue weighted by Crippen LogP contribution is -2.49. The minimum Gasteiger partial charge on any atom is -0.481 e. The minimum atomic E-state index is -1.63. The number of carbonyl (C=O) groups is 2. The van der Waals surface area contributed by atoms with Crippen molar-refractivity contribution in [2.45, 2.75) is 38.3 Å². The van der Waals surface area contributed by atoms with Crippen molar-refractivity contribution < 1.29 is 19.4 Å². The van der Waals surface area contributed by atoms with Gasteiger partial charge in [0.1, 0.15) is 5.60 Å². The van der Waals surface area contributed by atoms with Gasteiger partial charge in [-0.25, -0.2) is 4.79 Å². The molecule has 0 amide bonds. The Bertz CT molecular complexity index is 435. The van der Waals surface area contributed by atoms with Crippen molar-refractivity contribution >= 4 is 23.3 Å². The van der Waals surface area contributed by atoms with Crippen LogP contribution in [0.3, 0.4) is 0 Å². The van der Waals surface area contributed by atoms with Crippen molar-refractivity contribution in [2.75, 3.05) is 0 Å². The van der Waals surface area contributed by atoms with Crippen LogP contribution in [0.5, 0.6) is 0 Å². The molecule has 0 aliphatic carbocycles. The van der Waals surface area contributed by atoms with Crippen LogP contribution >= 0.6 is 11.3 Å². The summed E-state index contributed by atoms with van der Waals surface area (Å²) in [5.41, 5.74) is 3.63. The van der Waals surface area contributed by atoms with Crippen LogP contribution < -0.4 is 5.73 Å². The predicted molar refractivity (Wildman–Crippen MR) is 68.3 cm³/mol. The third-order valence-electron chi connectivity index (χ3n) is 2.15. The molecule has 0 spiro atoms. The first-order chi connectivity index (χ1) is 8.15. The molecular formula is C12H17NO4S. The quantitative estimate of drug-likeness (QED) is 0.814. The van der Waals surface area contributed by atoms with Crippen LogP contribution in [-0.4, -0.2) is 22.6 Å². The van der Waals surface area contributed by atoms with Crippen molar-refractivity contribution in [1.29, 1.82) is 0 Å². The van der Waals surface area contributed by atoms with E-state index in [4.69, 9.17) is 15.6 Å². The fourth-order valence-electron chi connectivity index (χ4n) is 1.40. The van der Waals surface area contributed by atoms with Gasteiger partial charge in [-0.3, -0.25) is 4.79 Å². The molecule has 18 heavy (non-hydrogen) atoms. The standard InChI is InChI=1S/C12H17NO4S/c1-11(2,3)17-10(16)12(13,7-9(14)15)8-5-4-6-18-8/h4-6H,7,13H2,1-3H3,(H,14,15). The lowest BCUT2D eigenvalue weighted by molar-refractivity contribution is -0.165. The fraction of sp³-hybridized carbons (Fsp3) is 0.500. The van der Waals surface area contributed by atoms with Gasteiger partial charge in [-0.05, 0) is 32.2 Å². The largest absolute Gasteiger partial charge is 0.481 e. The molecule has 3 N–H and O–H groups in total. The average molecular weight is 271 g/mol. The molecule has 0 radical (unpaired) electrons. The van der Waals surface area contributed by atoms with Crippen LogP contribution in [0.1, 0.15) is 32.1 Å². The Morgan fingerprint density at radius 1 is 1.44 bits per heavy atom. The second-order valence-electron chi connectivity index (χ2n) is 5.02. The summed E-state index contributed by atoms with van der Waals surface area (Å²) in [5, 5.41) is 10.7. The van der Waals surface area contributed by atoms with Crippen LogP contribution in [0.4, 0.5) is 0 Å². The number of carboxylic acids is 1. The summed E-state index contributed by atoms with van der Waals surface area (Å²) in [7, 11) is 0. The molecule has 0 aliphatic heterocycles. The fourth-order valence-corrected chi connectivity index (χ4v) is 2.23. The topological polar surface area (TPSA) is 89.6 Å². The Labute approximate surface area is 110 Å². The summed E-state index contributed by atoms with van der Waals surface area (Å²) in [6.07, 6.45) is -0.498. The van der Waals surface area contributed by atoms with Crippen LogP contribution in [0.15, 0.2) is 17.5 Å². The van der Waals surface area contributed by atoms with Gasteiger partial charge >= 0.3 is 11.9 Å². The van der Waals surface area contributed by atoms with Crippen molar-refractivity contribution in [1.82, 2.24) is 0 Å². The van der Waals surface area contributed by atoms with Crippen molar-refractivity contribution in [3.63, 3.8) is 0 Å². The zero-order chi connectivity index (χ0) is 14.0. The molecule has 6 heteroatoms. The molecule has 1 aromatic rings. The van der Waals surface area contributed by atoms with E-state index in [0.29, 0.717) is 4.88 Å². The number of hydrogen-bond acceptors (Lipinski definition) is 5. The normalized spacial score (nSPS) is 14.9. The summed E-state index contributed by atoms with van der Waals surface area (Å²) in [5.74, 6) is -1.86. The number of aliphatic carboxylic acids is 1. The molecule has 1 aromatic heterocycles. The van der Waals surface area contributed by atoms with E-state index in [0.717, 1.165) is 0 Å². The van der Waals surface area contributed by atoms with Gasteiger partial charge in [0.15, 0.2) is 5.54 Å². The molecule has 0 bridgehead atoms. The first kappa shape index (κ1) is 14.7. The van der Waals surface area contributed by atoms with Crippen molar-refractivity contribution in [3.05, 3.63) is 22.4 Å². The number of thiophene rings is 1. The molecular weight excluding hydrogens is 254 g/mol. The lowest BCUT2D eigenvalue weighted by Gasteiger charge is -2.29. The molecule has 1 atom stereocenters. The Morgan fingerprint density at radius 2 is 2.06 bits per heavy atom. The molecule has 0 aliphatic rings. The Balaban J connectivity index is 3.06. The first-order valence-corrected chi connectivity index (χ1v) is 6.31. The summed E-state index contributed by atoms with van der Waals surface area (Å²) in [6, 6.07) is 3.35. The van der Waals surface area contributed by atoms with Gasteiger partial charge in [-0.2, -0.15) is 0 Å². The van der Waals surface area contributed by atoms with E-state index in [1.54, 1.807) is 38.3 Å². The number of hydrogen-bond donors (Lipinski definition) is 2. The van der Waals surface area contributed by atoms with Crippen LogP contribution in [0.25, 0.3) is 0 Å². The molecule has 5 nitrogen and oxygen atoms in total. The zero-order valence-corrected chi connectivity index (χ0v) is 11.4. The van der Waals surface area contributed by atoms with E-state index in [2.05, 4.69) is 0 Å². The third-order valence-corrected chi connectivity index (χ3v) is 3.20. The van der Waals surface area contributed by atoms with E-state index >= 15 is 0 Å². The second-order valence-corrected chi connectivity index (χ2v) is 5.97. The molecule has 1 unspecified atom stereocenters. The number of rotatable bonds is 4. The molecule has 100 valence electrons. The van der Waals surface area contributed by atoms with Gasteiger partial charge in [0, 0.05) is 4.88 Å². The van der Waals surface area contributed by atoms with Gasteiger partial charge in [0.25, 0.3) is 0 Å². The third kappa shape index (κ3) is 3.54. The number of carboxylic acid groups (broad SMARTS) is 1. The predicted octanol–water partition coefficient (Wildman–Crippen LogP) is 1.72. The molecule has 0 saturated carbocycles. The van der Waals surface area contributed by atoms with Crippen molar-refractivity contribution in [3.8, 4) is 0 Å². The molecule has 1 heterocycles. The highest BCUT2D eigenvalue weighted by atomic mass is 32.1. The van der Waals surface area contributed by atoms with Gasteiger partial charge in [-0.1, -0.05) is 6.07 Å². The average Bonchev–Trinajstić information content (AvgIpc) is 2.66. The van der Waals surface area contributed by atoms with E-state index in [-0.39, 0.29) is 0 Å². The maximum atomic E-state index is 12.1. The second kappa shape index (κ2) is 5.07. The highest BCUT2D eigenvalue weighted by molar-refractivity contribution is 7.10. The van der Waals surface area contributed by atoms with E-state index < -0.39 is 29.5 Å².